The second-order valence-electron chi connectivity index (χ2n) is 8.83. The maximum atomic E-state index is 13.3. The summed E-state index contributed by atoms with van der Waals surface area (Å²) in [5, 5.41) is 0. The van der Waals surface area contributed by atoms with E-state index in [2.05, 4.69) is 15.8 Å². The maximum Gasteiger partial charge on any atom is 0.241 e. The number of methoxy groups -OCH3 is 5. The number of ether oxygens (including phenoxy) is 5. The lowest BCUT2D eigenvalue weighted by molar-refractivity contribution is -0.135. The third-order valence-corrected chi connectivity index (χ3v) is 6.88. The van der Waals surface area contributed by atoms with E-state index in [9.17, 15) is 4.79 Å². The molecule has 2 heterocycles. The van der Waals surface area contributed by atoms with Crippen LogP contribution in [-0.2, 0) is 11.3 Å². The number of nitrogens with one attached hydrogen (secondary N) is 2. The summed E-state index contributed by atoms with van der Waals surface area (Å²) in [7, 11) is 8.12. The number of carbonyl (C=O) groups is 1. The molecule has 196 valence electrons. The second kappa shape index (κ2) is 11.7. The highest BCUT2D eigenvalue weighted by Gasteiger charge is 2.35. The monoisotopic (exact) mass is 500 g/mol. The van der Waals surface area contributed by atoms with E-state index in [1.54, 1.807) is 35.5 Å². The van der Waals surface area contributed by atoms with Crippen molar-refractivity contribution in [3.63, 3.8) is 0 Å². The SMILES string of the molecule is COc1ccc(C2CC(C(=O)N3CCN(Cc4ccc(OC)c(OC)c4OC)CC3)NN2)c(OC)c1. The van der Waals surface area contributed by atoms with Crippen molar-refractivity contribution < 1.29 is 28.5 Å². The van der Waals surface area contributed by atoms with Crippen LogP contribution in [0, 0.1) is 0 Å². The van der Waals surface area contributed by atoms with E-state index in [-0.39, 0.29) is 18.0 Å². The fourth-order valence-corrected chi connectivity index (χ4v) is 4.90. The molecule has 10 nitrogen and oxygen atoms in total. The van der Waals surface area contributed by atoms with Gasteiger partial charge in [-0.1, -0.05) is 12.1 Å². The minimum absolute atomic E-state index is 0.0291. The zero-order valence-electron chi connectivity index (χ0n) is 21.6. The average Bonchev–Trinajstić information content (AvgIpc) is 3.42. The molecule has 4 rings (SSSR count). The Morgan fingerprint density at radius 2 is 1.56 bits per heavy atom. The van der Waals surface area contributed by atoms with E-state index >= 15 is 0 Å². The highest BCUT2D eigenvalue weighted by molar-refractivity contribution is 5.82. The minimum atomic E-state index is -0.292. The number of carbonyl (C=O) groups excluding carboxylic acids is 1. The van der Waals surface area contributed by atoms with Crippen LogP contribution in [0.3, 0.4) is 0 Å². The van der Waals surface area contributed by atoms with Gasteiger partial charge in [-0.2, -0.15) is 0 Å². The molecule has 0 radical (unpaired) electrons. The molecule has 2 aliphatic heterocycles. The first-order chi connectivity index (χ1) is 17.5. The van der Waals surface area contributed by atoms with Crippen molar-refractivity contribution in [1.82, 2.24) is 20.7 Å². The van der Waals surface area contributed by atoms with Crippen LogP contribution in [0.25, 0.3) is 0 Å². The van der Waals surface area contributed by atoms with Crippen LogP contribution < -0.4 is 34.5 Å². The zero-order chi connectivity index (χ0) is 25.7. The molecule has 2 aromatic carbocycles. The van der Waals surface area contributed by atoms with Crippen LogP contribution in [0.1, 0.15) is 23.6 Å². The highest BCUT2D eigenvalue weighted by Crippen LogP contribution is 2.40. The van der Waals surface area contributed by atoms with Crippen molar-refractivity contribution in [2.24, 2.45) is 0 Å². The number of rotatable bonds is 9. The standard InChI is InChI=1S/C26H36N4O6/c1-32-18-7-8-19(23(14-18)34-3)20-15-21(28-27-20)26(31)30-12-10-29(11-13-30)16-17-6-9-22(33-2)25(36-5)24(17)35-4/h6-9,14,20-21,27-28H,10-13,15-16H2,1-5H3. The molecule has 1 amide bonds. The van der Waals surface area contributed by atoms with Crippen LogP contribution in [-0.4, -0.2) is 83.5 Å². The van der Waals surface area contributed by atoms with Crippen molar-refractivity contribution in [3.8, 4) is 28.7 Å². The highest BCUT2D eigenvalue weighted by atomic mass is 16.5. The molecule has 0 aliphatic carbocycles. The third kappa shape index (κ3) is 5.30. The summed E-state index contributed by atoms with van der Waals surface area (Å²) in [6, 6.07) is 9.31. The Labute approximate surface area is 212 Å². The molecule has 2 unspecified atom stereocenters. The molecular formula is C26H36N4O6. The van der Waals surface area contributed by atoms with Crippen LogP contribution in [0.5, 0.6) is 28.7 Å². The van der Waals surface area contributed by atoms with E-state index in [0.29, 0.717) is 43.3 Å². The first kappa shape index (κ1) is 25.9. The molecule has 2 aliphatic rings. The molecule has 0 aromatic heterocycles. The Morgan fingerprint density at radius 3 is 2.19 bits per heavy atom. The fourth-order valence-electron chi connectivity index (χ4n) is 4.90. The van der Waals surface area contributed by atoms with Crippen molar-refractivity contribution in [3.05, 3.63) is 41.5 Å². The Kier molecular flexibility index (Phi) is 8.40. The van der Waals surface area contributed by atoms with E-state index < -0.39 is 0 Å². The number of amides is 1. The smallest absolute Gasteiger partial charge is 0.241 e. The lowest BCUT2D eigenvalue weighted by Gasteiger charge is -2.36. The molecule has 2 atom stereocenters. The van der Waals surface area contributed by atoms with Gasteiger partial charge in [0.15, 0.2) is 11.5 Å². The van der Waals surface area contributed by atoms with Gasteiger partial charge >= 0.3 is 0 Å². The van der Waals surface area contributed by atoms with Gasteiger partial charge in [0, 0.05) is 49.9 Å². The second-order valence-corrected chi connectivity index (χ2v) is 8.83. The summed E-state index contributed by atoms with van der Waals surface area (Å²) in [5.74, 6) is 3.49. The fraction of sp³-hybridized carbons (Fsp3) is 0.500. The van der Waals surface area contributed by atoms with E-state index in [0.717, 1.165) is 35.7 Å². The van der Waals surface area contributed by atoms with Crippen LogP contribution in [0.15, 0.2) is 30.3 Å². The number of benzene rings is 2. The summed E-state index contributed by atoms with van der Waals surface area (Å²) in [4.78, 5) is 17.5. The zero-order valence-corrected chi connectivity index (χ0v) is 21.6. The lowest BCUT2D eigenvalue weighted by atomic mass is 10.00. The largest absolute Gasteiger partial charge is 0.497 e. The number of nitrogens with zero attached hydrogens (tertiary/aromatic N) is 2. The van der Waals surface area contributed by atoms with Gasteiger partial charge in [-0.25, -0.2) is 10.9 Å². The van der Waals surface area contributed by atoms with Gasteiger partial charge in [-0.3, -0.25) is 9.69 Å². The van der Waals surface area contributed by atoms with Crippen molar-refractivity contribution >= 4 is 5.91 Å². The lowest BCUT2D eigenvalue weighted by Crippen LogP contribution is -2.53. The molecule has 2 fully saturated rings. The number of piperazine rings is 1. The van der Waals surface area contributed by atoms with Gasteiger partial charge in [0.05, 0.1) is 41.6 Å². The molecule has 2 N–H and O–H groups in total. The molecule has 0 spiro atoms. The predicted octanol–water partition coefficient (Wildman–Crippen LogP) is 1.98. The first-order valence-electron chi connectivity index (χ1n) is 12.0. The minimum Gasteiger partial charge on any atom is -0.497 e. The third-order valence-electron chi connectivity index (χ3n) is 6.88. The molecule has 0 bridgehead atoms. The summed E-state index contributed by atoms with van der Waals surface area (Å²) >= 11 is 0. The van der Waals surface area contributed by atoms with Gasteiger partial charge in [0.25, 0.3) is 0 Å². The molecule has 0 saturated carbocycles. The summed E-state index contributed by atoms with van der Waals surface area (Å²) in [6.07, 6.45) is 0.643. The van der Waals surface area contributed by atoms with Crippen molar-refractivity contribution in [2.45, 2.75) is 25.0 Å². The Balaban J connectivity index is 1.34. The topological polar surface area (TPSA) is 93.8 Å². The quantitative estimate of drug-likeness (QED) is 0.536. The molecular weight excluding hydrogens is 464 g/mol. The van der Waals surface area contributed by atoms with Crippen molar-refractivity contribution in [2.75, 3.05) is 61.7 Å². The Morgan fingerprint density at radius 1 is 0.833 bits per heavy atom. The van der Waals surface area contributed by atoms with Crippen LogP contribution in [0.4, 0.5) is 0 Å². The number of hydrogen-bond donors (Lipinski definition) is 2. The van der Waals surface area contributed by atoms with Gasteiger partial charge < -0.3 is 28.6 Å². The molecule has 10 heteroatoms. The van der Waals surface area contributed by atoms with Gasteiger partial charge in [0.2, 0.25) is 11.7 Å². The summed E-state index contributed by atoms with van der Waals surface area (Å²) < 4.78 is 27.4. The molecule has 2 saturated heterocycles. The van der Waals surface area contributed by atoms with E-state index in [4.69, 9.17) is 23.7 Å². The van der Waals surface area contributed by atoms with Gasteiger partial charge in [0.1, 0.15) is 17.5 Å². The normalized spacial score (nSPS) is 20.2. The van der Waals surface area contributed by atoms with Gasteiger partial charge in [-0.15, -0.1) is 0 Å². The summed E-state index contributed by atoms with van der Waals surface area (Å²) in [5.41, 5.74) is 8.47. The average molecular weight is 501 g/mol. The molecule has 2 aromatic rings. The number of hydrogen-bond acceptors (Lipinski definition) is 9. The van der Waals surface area contributed by atoms with Crippen molar-refractivity contribution in [1.29, 1.82) is 0 Å². The predicted molar refractivity (Wildman–Crippen MR) is 135 cm³/mol. The van der Waals surface area contributed by atoms with E-state index in [1.807, 2.05) is 35.2 Å². The summed E-state index contributed by atoms with van der Waals surface area (Å²) in [6.45, 7) is 3.60. The van der Waals surface area contributed by atoms with Crippen LogP contribution >= 0.6 is 0 Å². The number of hydrazine groups is 1. The molecule has 36 heavy (non-hydrogen) atoms. The Bertz CT molecular complexity index is 1060. The van der Waals surface area contributed by atoms with Crippen LogP contribution in [0.2, 0.25) is 0 Å². The van der Waals surface area contributed by atoms with Gasteiger partial charge in [-0.05, 0) is 18.6 Å². The van der Waals surface area contributed by atoms with E-state index in [1.165, 1.54) is 0 Å². The first-order valence-corrected chi connectivity index (χ1v) is 12.0. The maximum absolute atomic E-state index is 13.3. The Hall–Kier alpha value is -3.21.